The van der Waals surface area contributed by atoms with Crippen LogP contribution in [-0.4, -0.2) is 99.4 Å². The summed E-state index contributed by atoms with van der Waals surface area (Å²) in [5.74, 6) is -6.95. The summed E-state index contributed by atoms with van der Waals surface area (Å²) in [6, 6.07) is 0. The molecule has 2 atom stereocenters. The van der Waals surface area contributed by atoms with E-state index in [1.54, 1.807) is 0 Å². The minimum absolute atomic E-state index is 0. The van der Waals surface area contributed by atoms with Crippen molar-refractivity contribution in [1.82, 2.24) is 0 Å². The number of carbonyl (C=O) groups is 4. The minimum atomic E-state index is -1.31. The molecule has 8 nitrogen and oxygen atoms in total. The van der Waals surface area contributed by atoms with Gasteiger partial charge < -0.3 is 39.6 Å². The number of carboxylic acids is 4. The predicted octanol–water partition coefficient (Wildman–Crippen LogP) is 7.53. The van der Waals surface area contributed by atoms with E-state index in [9.17, 15) is 39.6 Å². The van der Waals surface area contributed by atoms with E-state index in [-0.39, 0.29) is 75.5 Å². The van der Waals surface area contributed by atoms with Crippen LogP contribution in [0.25, 0.3) is 0 Å². The van der Waals surface area contributed by atoms with Gasteiger partial charge in [-0.05, 0) is 25.7 Å². The van der Waals surface area contributed by atoms with Gasteiger partial charge in [-0.1, -0.05) is 219 Å². The van der Waals surface area contributed by atoms with Crippen LogP contribution in [0, 0.1) is 11.8 Å². The van der Waals surface area contributed by atoms with Gasteiger partial charge in [-0.25, -0.2) is 0 Å². The van der Waals surface area contributed by atoms with Gasteiger partial charge >= 0.3 is 75.5 Å². The fraction of sp³-hybridized carbons (Fsp3) is 0.909. The van der Waals surface area contributed by atoms with Gasteiger partial charge in [0.2, 0.25) is 0 Å². The van der Waals surface area contributed by atoms with Crippen LogP contribution in [0.2, 0.25) is 0 Å². The molecule has 0 aromatic carbocycles. The molecule has 0 aliphatic rings. The van der Waals surface area contributed by atoms with Crippen LogP contribution in [0.1, 0.15) is 245 Å². The van der Waals surface area contributed by atoms with Gasteiger partial charge in [0.1, 0.15) is 0 Å². The Balaban J connectivity index is -0.000000446. The monoisotopic (exact) mass is 817 g/mol. The third kappa shape index (κ3) is 50.4. The largest absolute Gasteiger partial charge is 2.00 e. The Morgan fingerprint density at radius 1 is 0.315 bits per heavy atom. The fourth-order valence-corrected chi connectivity index (χ4v) is 6.89. The molecule has 0 radical (unpaired) electrons. The van der Waals surface area contributed by atoms with Gasteiger partial charge in [0.05, 0.1) is 0 Å². The third-order valence-corrected chi connectivity index (χ3v) is 10.3. The van der Waals surface area contributed by atoms with Crippen molar-refractivity contribution >= 4 is 99.4 Å². The Morgan fingerprint density at radius 3 is 0.630 bits per heavy atom. The Bertz CT molecular complexity index is 760. The average molecular weight is 817 g/mol. The number of carboxylic acid groups (broad SMARTS) is 4. The van der Waals surface area contributed by atoms with E-state index in [0.29, 0.717) is 12.8 Å². The van der Waals surface area contributed by atoms with Gasteiger partial charge in [-0.2, -0.15) is 0 Å². The van der Waals surface area contributed by atoms with E-state index in [1.807, 2.05) is 0 Å². The van der Waals surface area contributed by atoms with Crippen molar-refractivity contribution < 1.29 is 39.6 Å². The zero-order valence-electron chi connectivity index (χ0n) is 35.3. The Labute approximate surface area is 391 Å². The van der Waals surface area contributed by atoms with Crippen LogP contribution < -0.4 is 20.4 Å². The van der Waals surface area contributed by atoms with E-state index in [0.717, 1.165) is 38.5 Å². The van der Waals surface area contributed by atoms with Crippen molar-refractivity contribution in [3.05, 3.63) is 0 Å². The van der Waals surface area contributed by atoms with Crippen molar-refractivity contribution in [2.24, 2.45) is 11.8 Å². The maximum absolute atomic E-state index is 10.8. The second-order valence-electron chi connectivity index (χ2n) is 15.4. The number of hydrogen-bond donors (Lipinski definition) is 0. The molecule has 0 bridgehead atoms. The molecule has 0 N–H and O–H groups in total. The normalized spacial score (nSPS) is 11.7. The van der Waals surface area contributed by atoms with Gasteiger partial charge in [0.25, 0.3) is 0 Å². The molecule has 2 unspecified atom stereocenters. The molecule has 0 aliphatic heterocycles. The van der Waals surface area contributed by atoms with Crippen molar-refractivity contribution in [1.29, 1.82) is 0 Å². The first-order chi connectivity index (χ1) is 25.1. The van der Waals surface area contributed by atoms with Gasteiger partial charge in [-0.15, -0.1) is 0 Å². The number of aliphatic carboxylic acids is 4. The van der Waals surface area contributed by atoms with Crippen LogP contribution in [0.4, 0.5) is 0 Å². The molecule has 0 aromatic heterocycles. The Hall–Kier alpha value is 0.399. The molecule has 0 fully saturated rings. The van der Waals surface area contributed by atoms with Crippen LogP contribution in [-0.2, 0) is 19.2 Å². The molecule has 308 valence electrons. The summed E-state index contributed by atoms with van der Waals surface area (Å²) in [5.41, 5.74) is 0. The zero-order chi connectivity index (χ0) is 38.9. The summed E-state index contributed by atoms with van der Waals surface area (Å²) in [4.78, 5) is 42.6. The fourth-order valence-electron chi connectivity index (χ4n) is 6.89. The molecule has 0 aromatic rings. The van der Waals surface area contributed by atoms with E-state index in [2.05, 4.69) is 13.8 Å². The number of carbonyl (C=O) groups excluding carboxylic acids is 4. The SMILES string of the molecule is CCCCCCCCCCCCCCCCCCC(CC(=O)[O-])C(=O)[O-].CCCCCCCCCCCCCCCCCCC(CC(=O)[O-])C(=O)[O-].[Ca+2].[Ca+2]. The zero-order valence-corrected chi connectivity index (χ0v) is 39.7. The molecular formula is C44H80Ca2O8. The van der Waals surface area contributed by atoms with Crippen LogP contribution in [0.15, 0.2) is 0 Å². The summed E-state index contributed by atoms with van der Waals surface area (Å²) >= 11 is 0. The molecule has 0 spiro atoms. The quantitative estimate of drug-likeness (QED) is 0.0453. The van der Waals surface area contributed by atoms with Crippen LogP contribution in [0.3, 0.4) is 0 Å². The van der Waals surface area contributed by atoms with Crippen molar-refractivity contribution in [3.8, 4) is 0 Å². The average Bonchev–Trinajstić information content (AvgIpc) is 3.10. The van der Waals surface area contributed by atoms with E-state index < -0.39 is 48.6 Å². The standard InChI is InChI=1S/2C22H42O4.2Ca/c2*1-2-3-4-5-6-7-8-9-10-11-12-13-14-15-16-17-18-20(22(25)26)19-21(23)24;;/h2*20H,2-19H2,1H3,(H,23,24)(H,25,26);;/q;;2*+2/p-4. The van der Waals surface area contributed by atoms with Gasteiger partial charge in [-0.3, -0.25) is 0 Å². The summed E-state index contributed by atoms with van der Waals surface area (Å²) in [6.45, 7) is 4.51. The first kappa shape index (κ1) is 61.1. The molecule has 0 saturated heterocycles. The maximum atomic E-state index is 10.8. The van der Waals surface area contributed by atoms with Crippen molar-refractivity contribution in [2.75, 3.05) is 0 Å². The Morgan fingerprint density at radius 2 is 0.481 bits per heavy atom. The van der Waals surface area contributed by atoms with E-state index in [1.165, 1.54) is 167 Å². The first-order valence-corrected chi connectivity index (χ1v) is 22.0. The van der Waals surface area contributed by atoms with Gasteiger partial charge in [0, 0.05) is 35.7 Å². The van der Waals surface area contributed by atoms with Crippen LogP contribution in [0.5, 0.6) is 0 Å². The first-order valence-electron chi connectivity index (χ1n) is 22.0. The Kier molecular flexibility index (Phi) is 56.0. The van der Waals surface area contributed by atoms with E-state index in [4.69, 9.17) is 0 Å². The third-order valence-electron chi connectivity index (χ3n) is 10.3. The molecule has 0 rings (SSSR count). The summed E-state index contributed by atoms with van der Waals surface area (Å²) in [7, 11) is 0. The molecule has 0 heterocycles. The minimum Gasteiger partial charge on any atom is -0.550 e. The number of unbranched alkanes of at least 4 members (excludes halogenated alkanes) is 30. The molecule has 10 heteroatoms. The molecule has 0 amide bonds. The number of hydrogen-bond acceptors (Lipinski definition) is 8. The summed E-state index contributed by atoms with van der Waals surface area (Å²) < 4.78 is 0. The predicted molar refractivity (Wildman–Crippen MR) is 216 cm³/mol. The second-order valence-corrected chi connectivity index (χ2v) is 15.4. The second kappa shape index (κ2) is 49.5. The maximum Gasteiger partial charge on any atom is 2.00 e. The summed E-state index contributed by atoms with van der Waals surface area (Å²) in [6.07, 6.45) is 40.5. The van der Waals surface area contributed by atoms with Gasteiger partial charge in [0.15, 0.2) is 0 Å². The molecule has 54 heavy (non-hydrogen) atoms. The molecular weight excluding hydrogens is 737 g/mol. The smallest absolute Gasteiger partial charge is 0.550 e. The molecule has 0 aliphatic carbocycles. The van der Waals surface area contributed by atoms with E-state index >= 15 is 0 Å². The summed E-state index contributed by atoms with van der Waals surface area (Å²) in [5, 5.41) is 42.6. The van der Waals surface area contributed by atoms with Crippen molar-refractivity contribution in [3.63, 3.8) is 0 Å². The van der Waals surface area contributed by atoms with Crippen molar-refractivity contribution in [2.45, 2.75) is 245 Å². The van der Waals surface area contributed by atoms with Crippen LogP contribution >= 0.6 is 0 Å². The topological polar surface area (TPSA) is 161 Å². The number of rotatable bonds is 40. The molecule has 0 saturated carbocycles.